The number of anilines is 1. The first-order chi connectivity index (χ1) is 14.1. The number of nitro benzene ring substituents is 1. The second-order valence-electron chi connectivity index (χ2n) is 7.15. The second-order valence-corrected chi connectivity index (χ2v) is 7.15. The fourth-order valence-electron chi connectivity index (χ4n) is 3.94. The molecule has 1 N–H and O–H groups in total. The zero-order chi connectivity index (χ0) is 20.4. The molecule has 0 saturated carbocycles. The SMILES string of the molecule is O=C1CN=C(c2ccc(N3CCN(CCO)CC3)c([N+](=O)[O-])c2)c2ccccc21. The lowest BCUT2D eigenvalue weighted by Crippen LogP contribution is -2.47. The number of fused-ring (bicyclic) bond motifs is 1. The van der Waals surface area contributed by atoms with Crippen LogP contribution in [0.4, 0.5) is 11.4 Å². The van der Waals surface area contributed by atoms with E-state index in [0.29, 0.717) is 47.7 Å². The van der Waals surface area contributed by atoms with Crippen LogP contribution < -0.4 is 4.90 Å². The molecule has 1 saturated heterocycles. The van der Waals surface area contributed by atoms with Gasteiger partial charge in [-0.1, -0.05) is 30.3 Å². The van der Waals surface area contributed by atoms with Gasteiger partial charge in [0.1, 0.15) is 12.2 Å². The summed E-state index contributed by atoms with van der Waals surface area (Å²) in [4.78, 5) is 32.1. The van der Waals surface area contributed by atoms with Crippen molar-refractivity contribution < 1.29 is 14.8 Å². The number of hydrogen-bond acceptors (Lipinski definition) is 7. The van der Waals surface area contributed by atoms with Crippen LogP contribution in [0.3, 0.4) is 0 Å². The molecule has 2 heterocycles. The van der Waals surface area contributed by atoms with Gasteiger partial charge in [-0.15, -0.1) is 0 Å². The quantitative estimate of drug-likeness (QED) is 0.613. The molecular weight excluding hydrogens is 372 g/mol. The summed E-state index contributed by atoms with van der Waals surface area (Å²) in [7, 11) is 0. The van der Waals surface area contributed by atoms with E-state index >= 15 is 0 Å². The number of β-amino-alcohol motifs (C(OH)–C–C–N with tert-alkyl or cyclic N) is 1. The van der Waals surface area contributed by atoms with Crippen molar-refractivity contribution in [1.82, 2.24) is 4.90 Å². The third-order valence-corrected chi connectivity index (χ3v) is 5.44. The number of aliphatic imine (C=N–C) groups is 1. The Kier molecular flexibility index (Phi) is 5.37. The minimum absolute atomic E-state index is 0.0372. The average molecular weight is 394 g/mol. The van der Waals surface area contributed by atoms with Gasteiger partial charge in [0.2, 0.25) is 0 Å². The van der Waals surface area contributed by atoms with Gasteiger partial charge in [0, 0.05) is 55.5 Å². The first-order valence-corrected chi connectivity index (χ1v) is 9.62. The molecule has 2 aromatic rings. The smallest absolute Gasteiger partial charge is 0.293 e. The number of ketones is 1. The van der Waals surface area contributed by atoms with Gasteiger partial charge >= 0.3 is 0 Å². The highest BCUT2D eigenvalue weighted by molar-refractivity contribution is 6.22. The van der Waals surface area contributed by atoms with E-state index in [-0.39, 0.29) is 29.5 Å². The third kappa shape index (κ3) is 3.76. The molecule has 0 bridgehead atoms. The van der Waals surface area contributed by atoms with Gasteiger partial charge in [0.25, 0.3) is 5.69 Å². The van der Waals surface area contributed by atoms with Crippen molar-refractivity contribution >= 4 is 22.9 Å². The van der Waals surface area contributed by atoms with Gasteiger partial charge in [0.15, 0.2) is 5.78 Å². The predicted octanol–water partition coefficient (Wildman–Crippen LogP) is 1.74. The van der Waals surface area contributed by atoms with Crippen LogP contribution in [0.2, 0.25) is 0 Å². The summed E-state index contributed by atoms with van der Waals surface area (Å²) in [5.74, 6) is -0.0452. The molecule has 0 spiro atoms. The molecule has 150 valence electrons. The van der Waals surface area contributed by atoms with Crippen molar-refractivity contribution in [1.29, 1.82) is 0 Å². The van der Waals surface area contributed by atoms with E-state index in [1.165, 1.54) is 0 Å². The van der Waals surface area contributed by atoms with Crippen molar-refractivity contribution in [2.75, 3.05) is 50.8 Å². The summed E-state index contributed by atoms with van der Waals surface area (Å²) in [6.07, 6.45) is 0. The molecule has 0 radical (unpaired) electrons. The van der Waals surface area contributed by atoms with E-state index in [9.17, 15) is 14.9 Å². The van der Waals surface area contributed by atoms with Gasteiger partial charge in [0.05, 0.1) is 17.2 Å². The number of hydrogen-bond donors (Lipinski definition) is 1. The number of piperazine rings is 1. The first kappa shape index (κ1) is 19.2. The van der Waals surface area contributed by atoms with Crippen molar-refractivity contribution in [2.24, 2.45) is 4.99 Å². The van der Waals surface area contributed by atoms with Crippen LogP contribution in [0.25, 0.3) is 0 Å². The third-order valence-electron chi connectivity index (χ3n) is 5.44. The molecule has 8 nitrogen and oxygen atoms in total. The zero-order valence-electron chi connectivity index (χ0n) is 16.0. The second kappa shape index (κ2) is 8.10. The Morgan fingerprint density at radius 2 is 1.79 bits per heavy atom. The maximum atomic E-state index is 12.1. The highest BCUT2D eigenvalue weighted by atomic mass is 16.6. The number of carbonyl (C=O) groups is 1. The molecule has 1 fully saturated rings. The Bertz CT molecular complexity index is 980. The standard InChI is InChI=1S/C21H22N4O4/c26-12-11-23-7-9-24(10-8-23)18-6-5-15(13-19(18)25(28)29)21-17-4-2-1-3-16(17)20(27)14-22-21/h1-6,13,26H,7-12,14H2. The first-order valence-electron chi connectivity index (χ1n) is 9.62. The van der Waals surface area contributed by atoms with Crippen LogP contribution in [0.1, 0.15) is 21.5 Å². The maximum Gasteiger partial charge on any atom is 0.293 e. The summed E-state index contributed by atoms with van der Waals surface area (Å²) < 4.78 is 0. The number of carbonyl (C=O) groups excluding carboxylic acids is 1. The van der Waals surface area contributed by atoms with Crippen LogP contribution in [0.5, 0.6) is 0 Å². The van der Waals surface area contributed by atoms with E-state index in [1.807, 2.05) is 29.2 Å². The monoisotopic (exact) mass is 394 g/mol. The largest absolute Gasteiger partial charge is 0.395 e. The fourth-order valence-corrected chi connectivity index (χ4v) is 3.94. The van der Waals surface area contributed by atoms with E-state index in [0.717, 1.165) is 13.1 Å². The molecule has 0 aliphatic carbocycles. The number of Topliss-reactive ketones (excluding diaryl/α,β-unsaturated/α-hetero) is 1. The van der Waals surface area contributed by atoms with E-state index < -0.39 is 0 Å². The molecule has 29 heavy (non-hydrogen) atoms. The lowest BCUT2D eigenvalue weighted by Gasteiger charge is -2.35. The number of aliphatic hydroxyl groups excluding tert-OH is 1. The Morgan fingerprint density at radius 1 is 1.07 bits per heavy atom. The molecule has 8 heteroatoms. The molecule has 0 aromatic heterocycles. The number of rotatable bonds is 5. The van der Waals surface area contributed by atoms with Crippen LogP contribution in [0, 0.1) is 10.1 Å². The zero-order valence-corrected chi connectivity index (χ0v) is 16.0. The predicted molar refractivity (Wildman–Crippen MR) is 110 cm³/mol. The minimum Gasteiger partial charge on any atom is -0.395 e. The van der Waals surface area contributed by atoms with E-state index in [2.05, 4.69) is 9.89 Å². The number of nitrogens with zero attached hydrogens (tertiary/aromatic N) is 4. The van der Waals surface area contributed by atoms with Gasteiger partial charge in [-0.2, -0.15) is 0 Å². The maximum absolute atomic E-state index is 12.1. The van der Waals surface area contributed by atoms with Gasteiger partial charge < -0.3 is 10.0 Å². The Balaban J connectivity index is 1.66. The molecule has 2 aromatic carbocycles. The molecule has 2 aliphatic heterocycles. The molecule has 0 atom stereocenters. The van der Waals surface area contributed by atoms with Crippen molar-refractivity contribution in [2.45, 2.75) is 0 Å². The van der Waals surface area contributed by atoms with Crippen molar-refractivity contribution in [3.8, 4) is 0 Å². The van der Waals surface area contributed by atoms with Gasteiger partial charge in [-0.05, 0) is 6.07 Å². The number of benzene rings is 2. The topological polar surface area (TPSA) is 99.3 Å². The molecule has 4 rings (SSSR count). The van der Waals surface area contributed by atoms with Gasteiger partial charge in [-0.25, -0.2) is 0 Å². The van der Waals surface area contributed by atoms with Crippen LogP contribution in [0.15, 0.2) is 47.5 Å². The lowest BCUT2D eigenvalue weighted by molar-refractivity contribution is -0.384. The minimum atomic E-state index is -0.362. The van der Waals surface area contributed by atoms with Crippen molar-refractivity contribution in [3.63, 3.8) is 0 Å². The fraction of sp³-hybridized carbons (Fsp3) is 0.333. The number of nitro groups is 1. The number of aliphatic hydroxyl groups is 1. The van der Waals surface area contributed by atoms with Crippen molar-refractivity contribution in [3.05, 3.63) is 69.3 Å². The Hall–Kier alpha value is -3.10. The molecular formula is C21H22N4O4. The summed E-state index contributed by atoms with van der Waals surface area (Å²) in [6.45, 7) is 3.61. The Morgan fingerprint density at radius 3 is 2.48 bits per heavy atom. The molecule has 0 unspecified atom stereocenters. The van der Waals surface area contributed by atoms with E-state index in [1.54, 1.807) is 18.2 Å². The highest BCUT2D eigenvalue weighted by Gasteiger charge is 2.27. The summed E-state index contributed by atoms with van der Waals surface area (Å²) in [6, 6.07) is 12.4. The van der Waals surface area contributed by atoms with Crippen LogP contribution in [-0.2, 0) is 0 Å². The van der Waals surface area contributed by atoms with Crippen LogP contribution >= 0.6 is 0 Å². The lowest BCUT2D eigenvalue weighted by atomic mass is 9.92. The Labute approximate surface area is 168 Å². The molecule has 0 amide bonds. The highest BCUT2D eigenvalue weighted by Crippen LogP contribution is 2.32. The summed E-state index contributed by atoms with van der Waals surface area (Å²) in [5.41, 5.74) is 3.19. The van der Waals surface area contributed by atoms with Gasteiger partial charge in [-0.3, -0.25) is 24.8 Å². The summed E-state index contributed by atoms with van der Waals surface area (Å²) in [5, 5.41) is 20.9. The normalized spacial score (nSPS) is 17.1. The summed E-state index contributed by atoms with van der Waals surface area (Å²) >= 11 is 0. The van der Waals surface area contributed by atoms with Crippen LogP contribution in [-0.4, -0.2) is 72.3 Å². The molecule has 2 aliphatic rings. The average Bonchev–Trinajstić information content (AvgIpc) is 2.75. The van der Waals surface area contributed by atoms with E-state index in [4.69, 9.17) is 5.11 Å².